The summed E-state index contributed by atoms with van der Waals surface area (Å²) in [6.45, 7) is 2.03. The monoisotopic (exact) mass is 173 g/mol. The molecule has 0 atom stereocenters. The Morgan fingerprint density at radius 1 is 1.08 bits per heavy atom. The van der Waals surface area contributed by atoms with E-state index < -0.39 is 0 Å². The van der Waals surface area contributed by atoms with E-state index in [1.54, 1.807) is 0 Å². The normalized spacial score (nSPS) is 9.92. The summed E-state index contributed by atoms with van der Waals surface area (Å²) in [6, 6.07) is 11.7. The number of aryl methyl sites for hydroxylation is 1. The fraction of sp³-hybridized carbons (Fsp3) is 0.0909. The Balaban J connectivity index is 2.24. The van der Waals surface area contributed by atoms with Crippen molar-refractivity contribution in [2.45, 2.75) is 6.92 Å². The number of para-hydroxylation sites is 1. The van der Waals surface area contributed by atoms with E-state index in [1.807, 2.05) is 49.5 Å². The third-order valence-corrected chi connectivity index (χ3v) is 1.88. The smallest absolute Gasteiger partial charge is 0.197 e. The highest BCUT2D eigenvalue weighted by atomic mass is 16.5. The minimum Gasteiger partial charge on any atom is -0.441 e. The summed E-state index contributed by atoms with van der Waals surface area (Å²) in [5.74, 6) is 1.67. The summed E-state index contributed by atoms with van der Waals surface area (Å²) in [5.41, 5.74) is 1.14. The zero-order valence-corrected chi connectivity index (χ0v) is 7.45. The van der Waals surface area contributed by atoms with Crippen molar-refractivity contribution >= 4 is 0 Å². The van der Waals surface area contributed by atoms with Crippen LogP contribution in [0.25, 0.3) is 0 Å². The molecule has 0 bridgehead atoms. The van der Waals surface area contributed by atoms with Gasteiger partial charge in [-0.1, -0.05) is 18.2 Å². The van der Waals surface area contributed by atoms with E-state index in [2.05, 4.69) is 4.98 Å². The molecule has 0 amide bonds. The van der Waals surface area contributed by atoms with Crippen molar-refractivity contribution < 1.29 is 4.74 Å². The molecular weight excluding hydrogens is 162 g/mol. The molecule has 0 saturated carbocycles. The number of rotatable bonds is 2. The van der Waals surface area contributed by atoms with Gasteiger partial charge in [0.05, 0.1) is 0 Å². The third kappa shape index (κ3) is 1.72. The molecule has 1 aromatic carbocycles. The first-order chi connectivity index (χ1) is 6.36. The Kier molecular flexibility index (Phi) is 2.04. The number of aromatic nitrogens is 1. The van der Waals surface area contributed by atoms with Crippen LogP contribution in [-0.2, 0) is 0 Å². The maximum absolute atomic E-state index is 5.59. The highest BCUT2D eigenvalue weighted by molar-refractivity contribution is 5.34. The molecule has 0 unspecified atom stereocenters. The van der Waals surface area contributed by atoms with Crippen LogP contribution in [-0.4, -0.2) is 4.98 Å². The van der Waals surface area contributed by atoms with Crippen molar-refractivity contribution in [3.8, 4) is 11.6 Å². The van der Waals surface area contributed by atoms with E-state index in [9.17, 15) is 0 Å². The number of hydrogen-bond donors (Lipinski definition) is 1. The molecule has 1 heterocycles. The van der Waals surface area contributed by atoms with E-state index in [1.165, 1.54) is 0 Å². The topological polar surface area (TPSA) is 25.0 Å². The summed E-state index contributed by atoms with van der Waals surface area (Å²) in [7, 11) is 0. The lowest BCUT2D eigenvalue weighted by atomic mass is 10.2. The van der Waals surface area contributed by atoms with Gasteiger partial charge in [0.1, 0.15) is 5.75 Å². The Labute approximate surface area is 77.2 Å². The van der Waals surface area contributed by atoms with E-state index in [0.29, 0.717) is 0 Å². The number of nitrogens with one attached hydrogen (secondary N) is 1. The number of benzene rings is 1. The van der Waals surface area contributed by atoms with Crippen LogP contribution in [0.5, 0.6) is 11.6 Å². The van der Waals surface area contributed by atoms with Crippen molar-refractivity contribution in [3.05, 3.63) is 48.2 Å². The molecule has 0 aliphatic carbocycles. The minimum atomic E-state index is 0.773. The molecule has 1 N–H and O–H groups in total. The number of H-pyrrole nitrogens is 1. The van der Waals surface area contributed by atoms with Crippen molar-refractivity contribution in [2.75, 3.05) is 0 Å². The largest absolute Gasteiger partial charge is 0.441 e. The van der Waals surface area contributed by atoms with Crippen molar-refractivity contribution in [1.82, 2.24) is 4.98 Å². The standard InChI is InChI=1S/C11H11NO/c1-9-5-2-3-6-10(9)13-11-7-4-8-12-11/h2-8,12H,1H3. The van der Waals surface area contributed by atoms with Crippen molar-refractivity contribution in [3.63, 3.8) is 0 Å². The zero-order chi connectivity index (χ0) is 9.10. The number of aromatic amines is 1. The van der Waals surface area contributed by atoms with Crippen LogP contribution in [0.4, 0.5) is 0 Å². The Hall–Kier alpha value is -1.70. The quantitative estimate of drug-likeness (QED) is 0.741. The van der Waals surface area contributed by atoms with Gasteiger partial charge in [0.15, 0.2) is 5.88 Å². The van der Waals surface area contributed by atoms with Crippen LogP contribution < -0.4 is 4.74 Å². The first-order valence-electron chi connectivity index (χ1n) is 4.23. The van der Waals surface area contributed by atoms with E-state index in [4.69, 9.17) is 4.74 Å². The molecule has 13 heavy (non-hydrogen) atoms. The van der Waals surface area contributed by atoms with E-state index in [0.717, 1.165) is 17.2 Å². The second-order valence-electron chi connectivity index (χ2n) is 2.90. The molecule has 2 nitrogen and oxygen atoms in total. The lowest BCUT2D eigenvalue weighted by molar-refractivity contribution is 0.462. The SMILES string of the molecule is Cc1ccccc1Oc1ccc[nH]1. The van der Waals surface area contributed by atoms with E-state index in [-0.39, 0.29) is 0 Å². The summed E-state index contributed by atoms with van der Waals surface area (Å²) in [4.78, 5) is 2.99. The van der Waals surface area contributed by atoms with E-state index >= 15 is 0 Å². The molecule has 1 aromatic heterocycles. The maximum atomic E-state index is 5.59. The van der Waals surface area contributed by atoms with Crippen LogP contribution in [0.3, 0.4) is 0 Å². The van der Waals surface area contributed by atoms with Gasteiger partial charge in [0, 0.05) is 12.3 Å². The lowest BCUT2D eigenvalue weighted by Crippen LogP contribution is -1.86. The number of hydrogen-bond acceptors (Lipinski definition) is 1. The van der Waals surface area contributed by atoms with Gasteiger partial charge in [-0.2, -0.15) is 0 Å². The molecule has 2 aromatic rings. The summed E-state index contributed by atoms with van der Waals surface area (Å²) >= 11 is 0. The summed E-state index contributed by atoms with van der Waals surface area (Å²) in [6.07, 6.45) is 1.84. The Morgan fingerprint density at radius 3 is 2.62 bits per heavy atom. The molecule has 0 spiro atoms. The van der Waals surface area contributed by atoms with Crippen LogP contribution in [0.2, 0.25) is 0 Å². The predicted octanol–water partition coefficient (Wildman–Crippen LogP) is 3.12. The van der Waals surface area contributed by atoms with Crippen LogP contribution in [0, 0.1) is 6.92 Å². The highest BCUT2D eigenvalue weighted by Crippen LogP contribution is 2.22. The zero-order valence-electron chi connectivity index (χ0n) is 7.45. The van der Waals surface area contributed by atoms with Gasteiger partial charge < -0.3 is 9.72 Å². The first-order valence-corrected chi connectivity index (χ1v) is 4.23. The average molecular weight is 173 g/mol. The molecule has 0 aliphatic rings. The van der Waals surface area contributed by atoms with Gasteiger partial charge in [0.25, 0.3) is 0 Å². The van der Waals surface area contributed by atoms with Crippen LogP contribution in [0.15, 0.2) is 42.6 Å². The average Bonchev–Trinajstić information content (AvgIpc) is 2.61. The fourth-order valence-electron chi connectivity index (χ4n) is 1.17. The molecular formula is C11H11NO. The Morgan fingerprint density at radius 2 is 1.92 bits per heavy atom. The fourth-order valence-corrected chi connectivity index (χ4v) is 1.17. The lowest BCUT2D eigenvalue weighted by Gasteiger charge is -2.05. The minimum absolute atomic E-state index is 0.773. The molecule has 0 aliphatic heterocycles. The van der Waals surface area contributed by atoms with Gasteiger partial charge >= 0.3 is 0 Å². The Bertz CT molecular complexity index is 379. The van der Waals surface area contributed by atoms with Crippen molar-refractivity contribution in [2.24, 2.45) is 0 Å². The molecule has 66 valence electrons. The van der Waals surface area contributed by atoms with Crippen molar-refractivity contribution in [1.29, 1.82) is 0 Å². The maximum Gasteiger partial charge on any atom is 0.197 e. The van der Waals surface area contributed by atoms with Gasteiger partial charge in [-0.25, -0.2) is 0 Å². The van der Waals surface area contributed by atoms with Crippen LogP contribution in [0.1, 0.15) is 5.56 Å². The second kappa shape index (κ2) is 3.35. The number of ether oxygens (including phenoxy) is 1. The summed E-state index contributed by atoms with van der Waals surface area (Å²) < 4.78 is 5.59. The van der Waals surface area contributed by atoms with Gasteiger partial charge in [-0.05, 0) is 24.6 Å². The van der Waals surface area contributed by atoms with Gasteiger partial charge in [0.2, 0.25) is 0 Å². The van der Waals surface area contributed by atoms with Crippen LogP contribution >= 0.6 is 0 Å². The third-order valence-electron chi connectivity index (χ3n) is 1.88. The molecule has 0 fully saturated rings. The molecule has 2 heteroatoms. The molecule has 2 rings (SSSR count). The second-order valence-corrected chi connectivity index (χ2v) is 2.90. The van der Waals surface area contributed by atoms with Gasteiger partial charge in [-0.15, -0.1) is 0 Å². The highest BCUT2D eigenvalue weighted by Gasteiger charge is 1.98. The molecule has 0 saturated heterocycles. The van der Waals surface area contributed by atoms with Gasteiger partial charge in [-0.3, -0.25) is 0 Å². The first kappa shape index (κ1) is 7.92. The predicted molar refractivity (Wildman–Crippen MR) is 52.0 cm³/mol. The molecule has 0 radical (unpaired) electrons. The summed E-state index contributed by atoms with van der Waals surface area (Å²) in [5, 5.41) is 0.